The van der Waals surface area contributed by atoms with Crippen molar-refractivity contribution >= 4 is 11.3 Å². The maximum absolute atomic E-state index is 6.08. The number of benzene rings is 1. The molecule has 2 aromatic rings. The van der Waals surface area contributed by atoms with Gasteiger partial charge in [0.25, 0.3) is 0 Å². The van der Waals surface area contributed by atoms with Crippen molar-refractivity contribution in [2.75, 3.05) is 7.11 Å². The van der Waals surface area contributed by atoms with E-state index in [9.17, 15) is 0 Å². The van der Waals surface area contributed by atoms with Gasteiger partial charge in [0, 0.05) is 16.8 Å². The van der Waals surface area contributed by atoms with E-state index in [0.29, 0.717) is 5.92 Å². The number of rotatable bonds is 4. The van der Waals surface area contributed by atoms with Crippen molar-refractivity contribution in [2.24, 2.45) is 5.73 Å². The Bertz CT molecular complexity index is 568. The van der Waals surface area contributed by atoms with Crippen LogP contribution in [0.3, 0.4) is 0 Å². The van der Waals surface area contributed by atoms with Gasteiger partial charge in [0.15, 0.2) is 0 Å². The molecule has 19 heavy (non-hydrogen) atoms. The van der Waals surface area contributed by atoms with Crippen molar-refractivity contribution in [3.05, 3.63) is 34.8 Å². The second-order valence-electron chi connectivity index (χ2n) is 5.03. The van der Waals surface area contributed by atoms with E-state index >= 15 is 0 Å². The largest absolute Gasteiger partial charge is 0.496 e. The van der Waals surface area contributed by atoms with Crippen LogP contribution in [0.5, 0.6) is 5.75 Å². The minimum atomic E-state index is 0.0524. The van der Waals surface area contributed by atoms with Crippen molar-refractivity contribution < 1.29 is 4.74 Å². The van der Waals surface area contributed by atoms with Crippen LogP contribution in [0.2, 0.25) is 0 Å². The molecular weight excluding hydrogens is 256 g/mol. The average Bonchev–Trinajstić information content (AvgIpc) is 3.17. The maximum Gasteiger partial charge on any atom is 0.129 e. The Hall–Kier alpha value is -1.39. The van der Waals surface area contributed by atoms with Crippen LogP contribution >= 0.6 is 11.3 Å². The molecule has 1 aromatic heterocycles. The zero-order valence-corrected chi connectivity index (χ0v) is 12.0. The molecule has 1 aliphatic carbocycles. The highest BCUT2D eigenvalue weighted by Gasteiger charge is 2.31. The molecule has 1 atom stereocenters. The number of ether oxygens (including phenoxy) is 1. The fourth-order valence-corrected chi connectivity index (χ4v) is 3.39. The monoisotopic (exact) mass is 274 g/mol. The number of thiazole rings is 1. The van der Waals surface area contributed by atoms with Crippen LogP contribution in [-0.4, -0.2) is 12.1 Å². The lowest BCUT2D eigenvalue weighted by Gasteiger charge is -2.04. The van der Waals surface area contributed by atoms with Crippen LogP contribution in [0.25, 0.3) is 10.6 Å². The Morgan fingerprint density at radius 2 is 2.11 bits per heavy atom. The Morgan fingerprint density at radius 3 is 2.74 bits per heavy atom. The van der Waals surface area contributed by atoms with Gasteiger partial charge in [-0.3, -0.25) is 0 Å². The van der Waals surface area contributed by atoms with Crippen LogP contribution < -0.4 is 10.5 Å². The molecule has 0 bridgehead atoms. The van der Waals surface area contributed by atoms with Gasteiger partial charge < -0.3 is 10.5 Å². The average molecular weight is 274 g/mol. The van der Waals surface area contributed by atoms with Crippen LogP contribution in [0.15, 0.2) is 24.3 Å². The number of para-hydroxylation sites is 1. The van der Waals surface area contributed by atoms with E-state index in [1.807, 2.05) is 25.1 Å². The van der Waals surface area contributed by atoms with E-state index in [0.717, 1.165) is 16.3 Å². The van der Waals surface area contributed by atoms with Gasteiger partial charge in [-0.2, -0.15) is 0 Å². The van der Waals surface area contributed by atoms with Gasteiger partial charge in [0.1, 0.15) is 10.8 Å². The van der Waals surface area contributed by atoms with E-state index in [-0.39, 0.29) is 6.04 Å². The third kappa shape index (κ3) is 2.38. The van der Waals surface area contributed by atoms with Gasteiger partial charge in [-0.25, -0.2) is 4.98 Å². The standard InChI is InChI=1S/C15H18N2OS/c1-9(16)14-13(10-7-8-10)17-15(19-14)11-5-3-4-6-12(11)18-2/h3-6,9-10H,7-8,16H2,1-2H3. The summed E-state index contributed by atoms with van der Waals surface area (Å²) in [7, 11) is 1.70. The third-order valence-electron chi connectivity index (χ3n) is 3.40. The predicted octanol–water partition coefficient (Wildman–Crippen LogP) is 3.72. The lowest BCUT2D eigenvalue weighted by molar-refractivity contribution is 0.416. The van der Waals surface area contributed by atoms with E-state index in [4.69, 9.17) is 15.5 Å². The Kier molecular flexibility index (Phi) is 3.29. The molecule has 3 rings (SSSR count). The van der Waals surface area contributed by atoms with Gasteiger partial charge in [0.05, 0.1) is 18.4 Å². The Labute approximate surface area is 117 Å². The van der Waals surface area contributed by atoms with Crippen LogP contribution in [0.4, 0.5) is 0 Å². The fourth-order valence-electron chi connectivity index (χ4n) is 2.26. The second-order valence-corrected chi connectivity index (χ2v) is 6.06. The lowest BCUT2D eigenvalue weighted by Crippen LogP contribution is -2.05. The number of methoxy groups -OCH3 is 1. The Balaban J connectivity index is 2.07. The molecule has 0 aliphatic heterocycles. The molecule has 0 amide bonds. The topological polar surface area (TPSA) is 48.1 Å². The van der Waals surface area contributed by atoms with Crippen molar-refractivity contribution in [3.8, 4) is 16.3 Å². The van der Waals surface area contributed by atoms with Crippen molar-refractivity contribution in [3.63, 3.8) is 0 Å². The molecule has 100 valence electrons. The zero-order chi connectivity index (χ0) is 13.4. The quantitative estimate of drug-likeness (QED) is 0.924. The van der Waals surface area contributed by atoms with Gasteiger partial charge in [-0.15, -0.1) is 11.3 Å². The minimum Gasteiger partial charge on any atom is -0.496 e. The highest BCUT2D eigenvalue weighted by molar-refractivity contribution is 7.15. The van der Waals surface area contributed by atoms with Crippen LogP contribution in [-0.2, 0) is 0 Å². The summed E-state index contributed by atoms with van der Waals surface area (Å²) in [4.78, 5) is 6.06. The maximum atomic E-state index is 6.08. The molecule has 2 N–H and O–H groups in total. The molecule has 1 heterocycles. The van der Waals surface area contributed by atoms with Gasteiger partial charge >= 0.3 is 0 Å². The molecule has 1 unspecified atom stereocenters. The molecule has 1 fully saturated rings. The summed E-state index contributed by atoms with van der Waals surface area (Å²) >= 11 is 1.70. The first-order valence-electron chi connectivity index (χ1n) is 6.60. The third-order valence-corrected chi connectivity index (χ3v) is 4.70. The normalized spacial score (nSPS) is 16.4. The smallest absolute Gasteiger partial charge is 0.129 e. The first kappa shape index (κ1) is 12.6. The molecule has 0 radical (unpaired) electrons. The van der Waals surface area contributed by atoms with Gasteiger partial charge in [-0.1, -0.05) is 12.1 Å². The molecule has 4 heteroatoms. The van der Waals surface area contributed by atoms with Crippen molar-refractivity contribution in [2.45, 2.75) is 31.7 Å². The summed E-state index contributed by atoms with van der Waals surface area (Å²) in [6.07, 6.45) is 2.49. The van der Waals surface area contributed by atoms with E-state index in [1.54, 1.807) is 18.4 Å². The summed E-state index contributed by atoms with van der Waals surface area (Å²) in [5.74, 6) is 1.50. The second kappa shape index (κ2) is 4.94. The molecule has 0 saturated heterocycles. The molecule has 1 aromatic carbocycles. The SMILES string of the molecule is COc1ccccc1-c1nc(C2CC2)c(C(C)N)s1. The lowest BCUT2D eigenvalue weighted by atomic mass is 10.2. The minimum absolute atomic E-state index is 0.0524. The van der Waals surface area contributed by atoms with E-state index in [2.05, 4.69) is 6.07 Å². The summed E-state index contributed by atoms with van der Waals surface area (Å²) in [5, 5.41) is 1.02. The highest BCUT2D eigenvalue weighted by atomic mass is 32.1. The number of nitrogens with zero attached hydrogens (tertiary/aromatic N) is 1. The first-order chi connectivity index (χ1) is 9.20. The number of hydrogen-bond acceptors (Lipinski definition) is 4. The Morgan fingerprint density at radius 1 is 1.37 bits per heavy atom. The molecule has 0 spiro atoms. The number of nitrogens with two attached hydrogens (primary N) is 1. The summed E-state index contributed by atoms with van der Waals surface area (Å²) in [6.45, 7) is 2.03. The molecule has 1 saturated carbocycles. The predicted molar refractivity (Wildman–Crippen MR) is 78.7 cm³/mol. The van der Waals surface area contributed by atoms with Crippen LogP contribution in [0.1, 0.15) is 42.3 Å². The van der Waals surface area contributed by atoms with E-state index < -0.39 is 0 Å². The fraction of sp³-hybridized carbons (Fsp3) is 0.400. The van der Waals surface area contributed by atoms with Gasteiger partial charge in [0.2, 0.25) is 0 Å². The number of aromatic nitrogens is 1. The summed E-state index contributed by atoms with van der Waals surface area (Å²) in [6, 6.07) is 8.07. The van der Waals surface area contributed by atoms with Crippen molar-refractivity contribution in [1.82, 2.24) is 4.98 Å². The first-order valence-corrected chi connectivity index (χ1v) is 7.42. The molecule has 3 nitrogen and oxygen atoms in total. The molecule has 1 aliphatic rings. The van der Waals surface area contributed by atoms with Crippen molar-refractivity contribution in [1.29, 1.82) is 0 Å². The summed E-state index contributed by atoms with van der Waals surface area (Å²) in [5.41, 5.74) is 8.35. The zero-order valence-electron chi connectivity index (χ0n) is 11.2. The highest BCUT2D eigenvalue weighted by Crippen LogP contribution is 2.46. The van der Waals surface area contributed by atoms with Crippen LogP contribution in [0, 0.1) is 0 Å². The molecular formula is C15H18N2OS. The van der Waals surface area contributed by atoms with E-state index in [1.165, 1.54) is 23.4 Å². The number of hydrogen-bond donors (Lipinski definition) is 1. The summed E-state index contributed by atoms with van der Waals surface area (Å²) < 4.78 is 5.42. The van der Waals surface area contributed by atoms with Gasteiger partial charge in [-0.05, 0) is 31.9 Å².